The number of benzene rings is 1. The van der Waals surface area contributed by atoms with Crippen molar-refractivity contribution in [3.63, 3.8) is 0 Å². The van der Waals surface area contributed by atoms with E-state index in [1.807, 2.05) is 13.8 Å². The topological polar surface area (TPSA) is 99.8 Å². The summed E-state index contributed by atoms with van der Waals surface area (Å²) in [5, 5.41) is 33.5. The molecule has 7 nitrogen and oxygen atoms in total. The number of anilines is 1. The Kier molecular flexibility index (Phi) is 5.37. The van der Waals surface area contributed by atoms with Gasteiger partial charge in [-0.15, -0.1) is 0 Å². The molecule has 1 aromatic carbocycles. The Labute approximate surface area is 159 Å². The molecule has 1 fully saturated rings. The van der Waals surface area contributed by atoms with Crippen molar-refractivity contribution >= 4 is 51.8 Å². The van der Waals surface area contributed by atoms with Gasteiger partial charge in [0.1, 0.15) is 23.8 Å². The van der Waals surface area contributed by atoms with Crippen LogP contribution < -0.4 is 5.32 Å². The molecule has 0 saturated carbocycles. The molecule has 1 aliphatic rings. The van der Waals surface area contributed by atoms with Gasteiger partial charge in [0.15, 0.2) is 6.23 Å². The van der Waals surface area contributed by atoms with E-state index in [1.165, 1.54) is 0 Å². The van der Waals surface area contributed by atoms with Gasteiger partial charge in [-0.2, -0.15) is 0 Å². The first-order valence-corrected chi connectivity index (χ1v) is 8.84. The molecule has 0 radical (unpaired) electrons. The highest BCUT2D eigenvalue weighted by atomic mass is 35.5. The van der Waals surface area contributed by atoms with Gasteiger partial charge >= 0.3 is 0 Å². The lowest BCUT2D eigenvalue weighted by molar-refractivity contribution is -0.0499. The lowest BCUT2D eigenvalue weighted by atomic mass is 10.1. The van der Waals surface area contributed by atoms with Crippen molar-refractivity contribution in [1.29, 1.82) is 0 Å². The van der Waals surface area contributed by atoms with Crippen molar-refractivity contribution in [2.75, 3.05) is 11.9 Å². The smallest absolute Gasteiger partial charge is 0.206 e. The summed E-state index contributed by atoms with van der Waals surface area (Å²) in [7, 11) is 0. The quantitative estimate of drug-likeness (QED) is 0.578. The molecule has 138 valence electrons. The number of hydrogen-bond acceptors (Lipinski definition) is 6. The number of hydrogen-bond donors (Lipinski definition) is 4. The molecule has 0 unspecified atom stereocenters. The maximum Gasteiger partial charge on any atom is 0.206 e. The van der Waals surface area contributed by atoms with Gasteiger partial charge in [0, 0.05) is 6.04 Å². The molecule has 3 rings (SSSR count). The highest BCUT2D eigenvalue weighted by molar-refractivity contribution is 6.50. The van der Waals surface area contributed by atoms with Gasteiger partial charge in [0.2, 0.25) is 5.95 Å². The monoisotopic (exact) mass is 409 g/mol. The maximum absolute atomic E-state index is 10.4. The van der Waals surface area contributed by atoms with E-state index in [0.717, 1.165) is 0 Å². The van der Waals surface area contributed by atoms with Crippen LogP contribution in [0, 0.1) is 0 Å². The molecule has 25 heavy (non-hydrogen) atoms. The Balaban J connectivity index is 2.21. The Morgan fingerprint density at radius 3 is 2.48 bits per heavy atom. The summed E-state index contributed by atoms with van der Waals surface area (Å²) in [4.78, 5) is 4.45. The van der Waals surface area contributed by atoms with Crippen LogP contribution in [0.15, 0.2) is 6.07 Å². The van der Waals surface area contributed by atoms with Gasteiger partial charge < -0.3 is 25.4 Å². The molecule has 1 aromatic heterocycles. The Morgan fingerprint density at radius 1 is 1.24 bits per heavy atom. The molecule has 2 aromatic rings. The molecular formula is C15H18Cl3N3O4. The first-order chi connectivity index (χ1) is 11.8. The first-order valence-electron chi connectivity index (χ1n) is 7.70. The number of imidazole rings is 1. The number of nitrogens with zero attached hydrogens (tertiary/aromatic N) is 2. The Hall–Kier alpha value is -0.800. The summed E-state index contributed by atoms with van der Waals surface area (Å²) in [5.74, 6) is 0.375. The normalized spacial score (nSPS) is 26.8. The molecule has 0 aliphatic carbocycles. The lowest BCUT2D eigenvalue weighted by Gasteiger charge is -2.21. The van der Waals surface area contributed by atoms with Crippen LogP contribution in [-0.4, -0.2) is 55.8 Å². The highest BCUT2D eigenvalue weighted by Crippen LogP contribution is 2.41. The van der Waals surface area contributed by atoms with E-state index in [4.69, 9.17) is 39.5 Å². The number of ether oxygens (including phenoxy) is 1. The third-order valence-corrected chi connectivity index (χ3v) is 5.26. The summed E-state index contributed by atoms with van der Waals surface area (Å²) in [6.07, 6.45) is -4.40. The third kappa shape index (κ3) is 3.19. The van der Waals surface area contributed by atoms with Crippen molar-refractivity contribution in [2.45, 2.75) is 44.4 Å². The molecule has 2 heterocycles. The van der Waals surface area contributed by atoms with E-state index in [2.05, 4.69) is 10.3 Å². The van der Waals surface area contributed by atoms with Crippen LogP contribution >= 0.6 is 34.8 Å². The molecule has 0 spiro atoms. The fraction of sp³-hybridized carbons (Fsp3) is 0.533. The van der Waals surface area contributed by atoms with Crippen LogP contribution in [0.3, 0.4) is 0 Å². The Bertz CT molecular complexity index is 798. The summed E-state index contributed by atoms with van der Waals surface area (Å²) >= 11 is 18.5. The predicted molar refractivity (Wildman–Crippen MR) is 96.5 cm³/mol. The number of aliphatic hydroxyl groups excluding tert-OH is 3. The van der Waals surface area contributed by atoms with Gasteiger partial charge in [0.05, 0.1) is 27.2 Å². The summed E-state index contributed by atoms with van der Waals surface area (Å²) < 4.78 is 7.20. The van der Waals surface area contributed by atoms with Gasteiger partial charge in [-0.3, -0.25) is 4.57 Å². The van der Waals surface area contributed by atoms with Crippen LogP contribution in [0.25, 0.3) is 11.0 Å². The minimum Gasteiger partial charge on any atom is -0.394 e. The van der Waals surface area contributed by atoms with Crippen molar-refractivity contribution in [2.24, 2.45) is 0 Å². The van der Waals surface area contributed by atoms with Crippen molar-refractivity contribution in [3.05, 3.63) is 21.1 Å². The number of halogens is 3. The van der Waals surface area contributed by atoms with Crippen molar-refractivity contribution in [1.82, 2.24) is 9.55 Å². The van der Waals surface area contributed by atoms with E-state index in [0.29, 0.717) is 17.0 Å². The van der Waals surface area contributed by atoms with Crippen LogP contribution in [0.4, 0.5) is 5.95 Å². The van der Waals surface area contributed by atoms with E-state index in [9.17, 15) is 15.3 Å². The fourth-order valence-corrected chi connectivity index (χ4v) is 3.48. The largest absolute Gasteiger partial charge is 0.394 e. The van der Waals surface area contributed by atoms with Crippen LogP contribution in [0.1, 0.15) is 20.1 Å². The zero-order valence-electron chi connectivity index (χ0n) is 13.4. The number of fused-ring (bicyclic) bond motifs is 1. The number of nitrogens with one attached hydrogen (secondary N) is 1. The van der Waals surface area contributed by atoms with Gasteiger partial charge in [-0.25, -0.2) is 4.98 Å². The van der Waals surface area contributed by atoms with Gasteiger partial charge in [-0.05, 0) is 19.9 Å². The van der Waals surface area contributed by atoms with E-state index in [1.54, 1.807) is 10.6 Å². The van der Waals surface area contributed by atoms with Crippen LogP contribution in [-0.2, 0) is 4.74 Å². The fourth-order valence-electron chi connectivity index (χ4n) is 2.85. The van der Waals surface area contributed by atoms with Crippen LogP contribution in [0.2, 0.25) is 15.1 Å². The van der Waals surface area contributed by atoms with Gasteiger partial charge in [0.25, 0.3) is 0 Å². The minimum atomic E-state index is -1.27. The summed E-state index contributed by atoms with van der Waals surface area (Å²) in [5.41, 5.74) is 0.870. The maximum atomic E-state index is 10.4. The minimum absolute atomic E-state index is 0.0254. The molecule has 1 aliphatic heterocycles. The second-order valence-corrected chi connectivity index (χ2v) is 7.35. The number of aromatic nitrogens is 2. The SMILES string of the molecule is CC(C)Nc1nc2c(Cl)c(Cl)c(Cl)cc2n1[C@@H]1O[C@H](CO)[C@@H](O)[C@H]1O. The van der Waals surface area contributed by atoms with Crippen molar-refractivity contribution < 1.29 is 20.1 Å². The average molecular weight is 411 g/mol. The third-order valence-electron chi connectivity index (χ3n) is 4.01. The highest BCUT2D eigenvalue weighted by Gasteiger charge is 2.44. The second kappa shape index (κ2) is 7.08. The lowest BCUT2D eigenvalue weighted by Crippen LogP contribution is -2.33. The Morgan fingerprint density at radius 2 is 1.92 bits per heavy atom. The summed E-state index contributed by atoms with van der Waals surface area (Å²) in [6.45, 7) is 3.41. The zero-order chi connectivity index (χ0) is 18.5. The number of aliphatic hydroxyl groups is 3. The molecule has 0 bridgehead atoms. The second-order valence-electron chi connectivity index (χ2n) is 6.19. The van der Waals surface area contributed by atoms with E-state index >= 15 is 0 Å². The van der Waals surface area contributed by atoms with Crippen LogP contribution in [0.5, 0.6) is 0 Å². The molecular weight excluding hydrogens is 393 g/mol. The van der Waals surface area contributed by atoms with E-state index < -0.39 is 31.1 Å². The average Bonchev–Trinajstić information content (AvgIpc) is 3.03. The van der Waals surface area contributed by atoms with E-state index in [-0.39, 0.29) is 21.1 Å². The molecule has 4 N–H and O–H groups in total. The standard InChI is InChI=1S/C15H18Cl3N3O4/c1-5(2)19-15-20-11-7(3-6(16)9(17)10(11)18)21(15)14-13(24)12(23)8(4-22)25-14/h3,5,8,12-14,22-24H,4H2,1-2H3,(H,19,20)/t8-,12-,13-,14-/m1/s1. The summed E-state index contributed by atoms with van der Waals surface area (Å²) in [6, 6.07) is 1.59. The van der Waals surface area contributed by atoms with Gasteiger partial charge in [-0.1, -0.05) is 34.8 Å². The molecule has 4 atom stereocenters. The number of rotatable bonds is 4. The first kappa shape index (κ1) is 19.0. The van der Waals surface area contributed by atoms with Crippen molar-refractivity contribution in [3.8, 4) is 0 Å². The molecule has 0 amide bonds. The molecule has 1 saturated heterocycles. The predicted octanol–water partition coefficient (Wildman–Crippen LogP) is 2.43. The zero-order valence-corrected chi connectivity index (χ0v) is 15.7. The molecule has 10 heteroatoms.